The average Bonchev–Trinajstić information content (AvgIpc) is 2.79. The third-order valence-electron chi connectivity index (χ3n) is 5.56. The van der Waals surface area contributed by atoms with Crippen LogP contribution in [-0.4, -0.2) is 75.7 Å². The second-order valence-corrected chi connectivity index (χ2v) is 7.64. The van der Waals surface area contributed by atoms with E-state index >= 15 is 0 Å². The van der Waals surface area contributed by atoms with Gasteiger partial charge in [-0.25, -0.2) is 0 Å². The van der Waals surface area contributed by atoms with Gasteiger partial charge in [0.2, 0.25) is 6.29 Å². The highest BCUT2D eigenvalue weighted by Crippen LogP contribution is 2.42. The number of ether oxygens (including phenoxy) is 4. The molecular weight excluding hydrogens is 424 g/mol. The van der Waals surface area contributed by atoms with Crippen LogP contribution in [0.15, 0.2) is 36.4 Å². The number of carbonyl (C=O) groups is 1. The SMILES string of the molecule is COc1ccc([C@@H]2CC(=O)c3c(O)cc(O[C@@H]4O[C@@H](CO)[C@H](O)[C@H](O)[C@H]4O)cc3O2)cc1. The molecule has 5 N–H and O–H groups in total. The van der Waals surface area contributed by atoms with Crippen LogP contribution >= 0.6 is 0 Å². The Morgan fingerprint density at radius 3 is 2.41 bits per heavy atom. The number of benzene rings is 2. The van der Waals surface area contributed by atoms with Crippen molar-refractivity contribution in [2.45, 2.75) is 43.2 Å². The number of fused-ring (bicyclic) bond motifs is 1. The number of hydrogen-bond acceptors (Lipinski definition) is 10. The number of phenolic OH excluding ortho intramolecular Hbond substituents is 1. The van der Waals surface area contributed by atoms with E-state index in [1.165, 1.54) is 6.07 Å². The first-order valence-corrected chi connectivity index (χ1v) is 10.0. The van der Waals surface area contributed by atoms with E-state index in [0.29, 0.717) is 5.75 Å². The molecule has 10 heteroatoms. The van der Waals surface area contributed by atoms with E-state index in [2.05, 4.69) is 0 Å². The average molecular weight is 448 g/mol. The van der Waals surface area contributed by atoms with Gasteiger partial charge in [0, 0.05) is 12.1 Å². The van der Waals surface area contributed by atoms with Crippen molar-refractivity contribution in [3.05, 3.63) is 47.5 Å². The second kappa shape index (κ2) is 8.93. The van der Waals surface area contributed by atoms with Crippen molar-refractivity contribution in [3.8, 4) is 23.0 Å². The summed E-state index contributed by atoms with van der Waals surface area (Å²) in [5.41, 5.74) is 0.750. The van der Waals surface area contributed by atoms with Gasteiger partial charge in [0.05, 0.1) is 20.1 Å². The van der Waals surface area contributed by atoms with E-state index in [1.54, 1.807) is 31.4 Å². The highest BCUT2D eigenvalue weighted by molar-refractivity contribution is 6.02. The number of aliphatic hydroxyl groups is 4. The lowest BCUT2D eigenvalue weighted by molar-refractivity contribution is -0.277. The number of aromatic hydroxyl groups is 1. The highest BCUT2D eigenvalue weighted by Gasteiger charge is 2.45. The van der Waals surface area contributed by atoms with Crippen molar-refractivity contribution >= 4 is 5.78 Å². The summed E-state index contributed by atoms with van der Waals surface area (Å²) in [6, 6.07) is 9.56. The maximum absolute atomic E-state index is 12.7. The van der Waals surface area contributed by atoms with Crippen LogP contribution in [0.5, 0.6) is 23.0 Å². The summed E-state index contributed by atoms with van der Waals surface area (Å²) in [6.45, 7) is -0.610. The van der Waals surface area contributed by atoms with Crippen LogP contribution in [0.1, 0.15) is 28.4 Å². The summed E-state index contributed by atoms with van der Waals surface area (Å²) in [5.74, 6) is 0.0452. The number of methoxy groups -OCH3 is 1. The molecule has 1 saturated heterocycles. The molecule has 2 heterocycles. The van der Waals surface area contributed by atoms with Crippen LogP contribution < -0.4 is 14.2 Å². The van der Waals surface area contributed by atoms with Gasteiger partial charge in [0.1, 0.15) is 59.1 Å². The quantitative estimate of drug-likeness (QED) is 0.431. The molecule has 0 bridgehead atoms. The smallest absolute Gasteiger partial charge is 0.229 e. The van der Waals surface area contributed by atoms with E-state index in [1.807, 2.05) is 0 Å². The molecule has 0 aliphatic carbocycles. The van der Waals surface area contributed by atoms with Gasteiger partial charge < -0.3 is 44.5 Å². The summed E-state index contributed by atoms with van der Waals surface area (Å²) < 4.78 is 22.0. The topological polar surface area (TPSA) is 155 Å². The lowest BCUT2D eigenvalue weighted by Crippen LogP contribution is -2.60. The number of carbonyl (C=O) groups excluding carboxylic acids is 1. The molecule has 0 aromatic heterocycles. The Bertz CT molecular complexity index is 973. The molecule has 32 heavy (non-hydrogen) atoms. The molecule has 4 rings (SSSR count). The first-order chi connectivity index (χ1) is 15.3. The lowest BCUT2D eigenvalue weighted by Gasteiger charge is -2.39. The number of phenols is 1. The molecular formula is C22H24O10. The van der Waals surface area contributed by atoms with Crippen molar-refractivity contribution < 1.29 is 49.3 Å². The first-order valence-electron chi connectivity index (χ1n) is 10.0. The van der Waals surface area contributed by atoms with Crippen LogP contribution in [0, 0.1) is 0 Å². The summed E-state index contributed by atoms with van der Waals surface area (Å²) in [4.78, 5) is 12.7. The van der Waals surface area contributed by atoms with Crippen molar-refractivity contribution in [3.63, 3.8) is 0 Å². The van der Waals surface area contributed by atoms with Crippen molar-refractivity contribution in [1.82, 2.24) is 0 Å². The third kappa shape index (κ3) is 4.10. The summed E-state index contributed by atoms with van der Waals surface area (Å²) >= 11 is 0. The molecule has 10 nitrogen and oxygen atoms in total. The molecule has 2 aliphatic heterocycles. The van der Waals surface area contributed by atoms with Crippen LogP contribution in [0.4, 0.5) is 0 Å². The molecule has 2 aromatic rings. The van der Waals surface area contributed by atoms with E-state index in [-0.39, 0.29) is 35.0 Å². The van der Waals surface area contributed by atoms with Gasteiger partial charge in [0.25, 0.3) is 0 Å². The van der Waals surface area contributed by atoms with Gasteiger partial charge in [-0.15, -0.1) is 0 Å². The summed E-state index contributed by atoms with van der Waals surface area (Å²) in [5, 5.41) is 49.7. The maximum Gasteiger partial charge on any atom is 0.229 e. The highest BCUT2D eigenvalue weighted by atomic mass is 16.7. The zero-order valence-corrected chi connectivity index (χ0v) is 17.1. The maximum atomic E-state index is 12.7. The van der Waals surface area contributed by atoms with Gasteiger partial charge >= 0.3 is 0 Å². The number of hydrogen-bond donors (Lipinski definition) is 5. The van der Waals surface area contributed by atoms with Crippen LogP contribution in [-0.2, 0) is 4.74 Å². The molecule has 0 radical (unpaired) electrons. The van der Waals surface area contributed by atoms with Gasteiger partial charge in [-0.05, 0) is 17.7 Å². The van der Waals surface area contributed by atoms with Crippen molar-refractivity contribution in [2.75, 3.05) is 13.7 Å². The number of rotatable bonds is 5. The second-order valence-electron chi connectivity index (χ2n) is 7.64. The normalized spacial score (nSPS) is 29.7. The summed E-state index contributed by atoms with van der Waals surface area (Å²) in [6.07, 6.45) is -7.93. The van der Waals surface area contributed by atoms with Gasteiger partial charge in [0.15, 0.2) is 5.78 Å². The number of ketones is 1. The van der Waals surface area contributed by atoms with Crippen LogP contribution in [0.3, 0.4) is 0 Å². The predicted octanol–water partition coefficient (Wildman–Crippen LogP) is 0.286. The molecule has 1 fully saturated rings. The minimum atomic E-state index is -1.62. The molecule has 2 aliphatic rings. The van der Waals surface area contributed by atoms with Crippen molar-refractivity contribution in [1.29, 1.82) is 0 Å². The molecule has 0 amide bonds. The minimum absolute atomic E-state index is 0.00578. The monoisotopic (exact) mass is 448 g/mol. The fourth-order valence-corrected chi connectivity index (χ4v) is 3.79. The Kier molecular flexibility index (Phi) is 6.22. The first kappa shape index (κ1) is 22.3. The fourth-order valence-electron chi connectivity index (χ4n) is 3.79. The van der Waals surface area contributed by atoms with E-state index in [0.717, 1.165) is 11.6 Å². The van der Waals surface area contributed by atoms with Crippen LogP contribution in [0.2, 0.25) is 0 Å². The zero-order valence-electron chi connectivity index (χ0n) is 17.1. The Morgan fingerprint density at radius 2 is 1.75 bits per heavy atom. The fraction of sp³-hybridized carbons (Fsp3) is 0.409. The zero-order chi connectivity index (χ0) is 23.0. The Morgan fingerprint density at radius 1 is 1.03 bits per heavy atom. The Balaban J connectivity index is 1.58. The Labute approximate surface area is 183 Å². The third-order valence-corrected chi connectivity index (χ3v) is 5.56. The van der Waals surface area contributed by atoms with Gasteiger partial charge in [-0.2, -0.15) is 0 Å². The van der Waals surface area contributed by atoms with E-state index in [9.17, 15) is 30.3 Å². The van der Waals surface area contributed by atoms with Crippen molar-refractivity contribution in [2.24, 2.45) is 0 Å². The molecule has 0 spiro atoms. The molecule has 172 valence electrons. The molecule has 2 aromatic carbocycles. The number of aliphatic hydroxyl groups excluding tert-OH is 4. The molecule has 0 saturated carbocycles. The standard InChI is InChI=1S/C22H24O10/c1-29-11-4-2-10(3-5-11)15-8-14(25)18-13(24)6-12(7-16(18)31-15)30-22-21(28)20(27)19(26)17(9-23)32-22/h2-7,15,17,19-24,26-28H,8-9H2,1H3/t15-,17-,19-,20-,21+,22+/m0/s1. The van der Waals surface area contributed by atoms with Gasteiger partial charge in [-0.1, -0.05) is 12.1 Å². The lowest BCUT2D eigenvalue weighted by atomic mass is 9.95. The number of Topliss-reactive ketones (excluding diaryl/α,β-unsaturated/α-hetero) is 1. The molecule has 6 atom stereocenters. The van der Waals surface area contributed by atoms with E-state index < -0.39 is 43.4 Å². The minimum Gasteiger partial charge on any atom is -0.507 e. The predicted molar refractivity (Wildman–Crippen MR) is 108 cm³/mol. The summed E-state index contributed by atoms with van der Waals surface area (Å²) in [7, 11) is 1.55. The van der Waals surface area contributed by atoms with Gasteiger partial charge in [-0.3, -0.25) is 4.79 Å². The largest absolute Gasteiger partial charge is 0.507 e. The van der Waals surface area contributed by atoms with Crippen LogP contribution in [0.25, 0.3) is 0 Å². The molecule has 0 unspecified atom stereocenters. The van der Waals surface area contributed by atoms with E-state index in [4.69, 9.17) is 18.9 Å². The Hall–Kier alpha value is -2.89.